The molecule has 1 amide bonds. The molecule has 0 radical (unpaired) electrons. The zero-order valence-electron chi connectivity index (χ0n) is 10.7. The van der Waals surface area contributed by atoms with Gasteiger partial charge in [0.2, 0.25) is 0 Å². The van der Waals surface area contributed by atoms with Gasteiger partial charge in [-0.3, -0.25) is 9.78 Å². The van der Waals surface area contributed by atoms with Crippen molar-refractivity contribution in [2.75, 3.05) is 12.4 Å². The number of carboxylic acid groups (broad SMARTS) is 1. The highest BCUT2D eigenvalue weighted by molar-refractivity contribution is 6.09. The summed E-state index contributed by atoms with van der Waals surface area (Å²) < 4.78 is 5.04. The van der Waals surface area contributed by atoms with E-state index >= 15 is 0 Å². The first-order valence-corrected chi connectivity index (χ1v) is 5.75. The molecule has 0 fully saturated rings. The third kappa shape index (κ3) is 2.74. The van der Waals surface area contributed by atoms with Crippen LogP contribution >= 0.6 is 0 Å². The van der Waals surface area contributed by atoms with Gasteiger partial charge in [0.25, 0.3) is 5.91 Å². The third-order valence-electron chi connectivity index (χ3n) is 2.65. The Morgan fingerprint density at radius 1 is 1.20 bits per heavy atom. The number of rotatable bonds is 4. The Kier molecular flexibility index (Phi) is 3.95. The minimum absolute atomic E-state index is 0.0221. The number of amides is 1. The average molecular weight is 272 g/mol. The Morgan fingerprint density at radius 3 is 2.65 bits per heavy atom. The van der Waals surface area contributed by atoms with Gasteiger partial charge in [-0.25, -0.2) is 4.79 Å². The monoisotopic (exact) mass is 272 g/mol. The second-order valence-electron chi connectivity index (χ2n) is 3.88. The van der Waals surface area contributed by atoms with Gasteiger partial charge in [0, 0.05) is 6.20 Å². The normalized spacial score (nSPS) is 9.85. The molecular formula is C14H12N2O4. The number of methoxy groups -OCH3 is 1. The van der Waals surface area contributed by atoms with Crippen LogP contribution < -0.4 is 10.1 Å². The van der Waals surface area contributed by atoms with Gasteiger partial charge in [0.15, 0.2) is 0 Å². The summed E-state index contributed by atoms with van der Waals surface area (Å²) in [4.78, 5) is 27.1. The zero-order valence-corrected chi connectivity index (χ0v) is 10.7. The predicted molar refractivity (Wildman–Crippen MR) is 72.1 cm³/mol. The number of anilines is 1. The number of carboxylic acids is 1. The van der Waals surface area contributed by atoms with Crippen LogP contribution in [0.1, 0.15) is 20.7 Å². The Bertz CT molecular complexity index is 655. The van der Waals surface area contributed by atoms with Crippen molar-refractivity contribution in [3.05, 3.63) is 53.9 Å². The molecule has 0 unspecified atom stereocenters. The molecule has 2 aromatic rings. The maximum absolute atomic E-state index is 12.2. The van der Waals surface area contributed by atoms with E-state index in [2.05, 4.69) is 10.3 Å². The van der Waals surface area contributed by atoms with Crippen molar-refractivity contribution in [3.8, 4) is 5.75 Å². The molecule has 1 aromatic heterocycles. The number of nitrogens with one attached hydrogen (secondary N) is 1. The van der Waals surface area contributed by atoms with Crippen molar-refractivity contribution in [1.82, 2.24) is 4.98 Å². The summed E-state index contributed by atoms with van der Waals surface area (Å²) >= 11 is 0. The second kappa shape index (κ2) is 5.83. The van der Waals surface area contributed by atoms with Crippen molar-refractivity contribution in [2.24, 2.45) is 0 Å². The SMILES string of the molecule is COc1cnccc1C(=O)Nc1ccccc1C(=O)O. The molecule has 0 atom stereocenters. The van der Waals surface area contributed by atoms with Crippen LogP contribution in [0.5, 0.6) is 5.75 Å². The van der Waals surface area contributed by atoms with E-state index in [-0.39, 0.29) is 16.8 Å². The highest BCUT2D eigenvalue weighted by Crippen LogP contribution is 2.20. The molecule has 20 heavy (non-hydrogen) atoms. The average Bonchev–Trinajstić information content (AvgIpc) is 2.47. The van der Waals surface area contributed by atoms with Gasteiger partial charge in [0.05, 0.1) is 30.1 Å². The van der Waals surface area contributed by atoms with Crippen LogP contribution in [0.2, 0.25) is 0 Å². The number of nitrogens with zero attached hydrogens (tertiary/aromatic N) is 1. The van der Waals surface area contributed by atoms with Gasteiger partial charge in [-0.2, -0.15) is 0 Å². The van der Waals surface area contributed by atoms with E-state index in [0.29, 0.717) is 5.75 Å². The van der Waals surface area contributed by atoms with Crippen LogP contribution in [0, 0.1) is 0 Å². The molecule has 0 aliphatic carbocycles. The number of pyridine rings is 1. The van der Waals surface area contributed by atoms with Crippen molar-refractivity contribution in [2.45, 2.75) is 0 Å². The highest BCUT2D eigenvalue weighted by Gasteiger charge is 2.15. The van der Waals surface area contributed by atoms with Crippen LogP contribution in [0.3, 0.4) is 0 Å². The Hall–Kier alpha value is -2.89. The van der Waals surface area contributed by atoms with E-state index < -0.39 is 11.9 Å². The molecule has 0 aliphatic rings. The smallest absolute Gasteiger partial charge is 0.337 e. The largest absolute Gasteiger partial charge is 0.494 e. The summed E-state index contributed by atoms with van der Waals surface area (Å²) in [6.45, 7) is 0. The highest BCUT2D eigenvalue weighted by atomic mass is 16.5. The van der Waals surface area contributed by atoms with Gasteiger partial charge in [-0.15, -0.1) is 0 Å². The Morgan fingerprint density at radius 2 is 1.95 bits per heavy atom. The molecule has 1 aromatic carbocycles. The van der Waals surface area contributed by atoms with Crippen LogP contribution in [-0.2, 0) is 0 Å². The van der Waals surface area contributed by atoms with Gasteiger partial charge in [-0.1, -0.05) is 12.1 Å². The standard InChI is InChI=1S/C14H12N2O4/c1-20-12-8-15-7-6-10(12)13(17)16-11-5-3-2-4-9(11)14(18)19/h2-8H,1H3,(H,16,17)(H,18,19). The summed E-state index contributed by atoms with van der Waals surface area (Å²) in [5.41, 5.74) is 0.528. The molecule has 0 aliphatic heterocycles. The van der Waals surface area contributed by atoms with Crippen LogP contribution in [0.25, 0.3) is 0 Å². The minimum Gasteiger partial charge on any atom is -0.494 e. The first kappa shape index (κ1) is 13.5. The summed E-state index contributed by atoms with van der Waals surface area (Å²) in [5, 5.41) is 11.6. The number of hydrogen-bond donors (Lipinski definition) is 2. The molecule has 2 N–H and O–H groups in total. The molecule has 6 heteroatoms. The lowest BCUT2D eigenvalue weighted by Gasteiger charge is -2.10. The van der Waals surface area contributed by atoms with Crippen molar-refractivity contribution in [1.29, 1.82) is 0 Å². The van der Waals surface area contributed by atoms with Gasteiger partial charge in [-0.05, 0) is 18.2 Å². The predicted octanol–water partition coefficient (Wildman–Crippen LogP) is 2.04. The lowest BCUT2D eigenvalue weighted by atomic mass is 10.1. The van der Waals surface area contributed by atoms with Crippen LogP contribution in [0.4, 0.5) is 5.69 Å². The summed E-state index contributed by atoms with van der Waals surface area (Å²) in [6.07, 6.45) is 2.87. The fourth-order valence-corrected chi connectivity index (χ4v) is 1.70. The van der Waals surface area contributed by atoms with Crippen molar-refractivity contribution < 1.29 is 19.4 Å². The van der Waals surface area contributed by atoms with E-state index in [1.807, 2.05) is 0 Å². The summed E-state index contributed by atoms with van der Waals surface area (Å²) in [5.74, 6) is -1.25. The lowest BCUT2D eigenvalue weighted by Crippen LogP contribution is -2.15. The third-order valence-corrected chi connectivity index (χ3v) is 2.65. The molecule has 1 heterocycles. The fourth-order valence-electron chi connectivity index (χ4n) is 1.70. The van der Waals surface area contributed by atoms with Crippen molar-refractivity contribution >= 4 is 17.6 Å². The quantitative estimate of drug-likeness (QED) is 0.889. The zero-order chi connectivity index (χ0) is 14.5. The fraction of sp³-hybridized carbons (Fsp3) is 0.0714. The maximum atomic E-state index is 12.2. The molecule has 2 rings (SSSR count). The molecule has 102 valence electrons. The number of carbonyl (C=O) groups is 2. The maximum Gasteiger partial charge on any atom is 0.337 e. The molecule has 0 bridgehead atoms. The van der Waals surface area contributed by atoms with Gasteiger partial charge < -0.3 is 15.2 Å². The van der Waals surface area contributed by atoms with E-state index in [1.54, 1.807) is 12.1 Å². The Balaban J connectivity index is 2.31. The molecule has 0 saturated carbocycles. The summed E-state index contributed by atoms with van der Waals surface area (Å²) in [6, 6.07) is 7.67. The number of hydrogen-bond acceptors (Lipinski definition) is 4. The summed E-state index contributed by atoms with van der Waals surface area (Å²) in [7, 11) is 1.43. The van der Waals surface area contributed by atoms with Crippen LogP contribution in [-0.4, -0.2) is 29.1 Å². The molecular weight excluding hydrogens is 260 g/mol. The number of aromatic carboxylic acids is 1. The number of para-hydroxylation sites is 1. The van der Waals surface area contributed by atoms with E-state index in [4.69, 9.17) is 9.84 Å². The molecule has 6 nitrogen and oxygen atoms in total. The number of benzene rings is 1. The van der Waals surface area contributed by atoms with E-state index in [0.717, 1.165) is 0 Å². The topological polar surface area (TPSA) is 88.5 Å². The van der Waals surface area contributed by atoms with E-state index in [9.17, 15) is 9.59 Å². The number of ether oxygens (including phenoxy) is 1. The van der Waals surface area contributed by atoms with Gasteiger partial charge in [0.1, 0.15) is 5.75 Å². The Labute approximate surface area is 115 Å². The first-order chi connectivity index (χ1) is 9.63. The van der Waals surface area contributed by atoms with E-state index in [1.165, 1.54) is 37.7 Å². The lowest BCUT2D eigenvalue weighted by molar-refractivity contribution is 0.0698. The van der Waals surface area contributed by atoms with Crippen molar-refractivity contribution in [3.63, 3.8) is 0 Å². The van der Waals surface area contributed by atoms with Crippen LogP contribution in [0.15, 0.2) is 42.7 Å². The second-order valence-corrected chi connectivity index (χ2v) is 3.88. The first-order valence-electron chi connectivity index (χ1n) is 5.75. The number of carbonyl (C=O) groups excluding carboxylic acids is 1. The molecule has 0 saturated heterocycles. The number of aromatic nitrogens is 1. The minimum atomic E-state index is -1.11. The van der Waals surface area contributed by atoms with Gasteiger partial charge >= 0.3 is 5.97 Å². The molecule has 0 spiro atoms.